The van der Waals surface area contributed by atoms with Crippen molar-refractivity contribution in [2.24, 2.45) is 4.99 Å². The van der Waals surface area contributed by atoms with Crippen LogP contribution >= 0.6 is 11.3 Å². The third kappa shape index (κ3) is 8.76. The highest BCUT2D eigenvalue weighted by Crippen LogP contribution is 2.09. The number of likely N-dealkylation sites (N-methyl/N-ethyl adjacent to an activating group) is 1. The minimum atomic E-state index is -0.475. The zero-order valence-corrected chi connectivity index (χ0v) is 16.2. The van der Waals surface area contributed by atoms with E-state index in [2.05, 4.69) is 33.1 Å². The first-order valence-electron chi connectivity index (χ1n) is 8.30. The Labute approximate surface area is 149 Å². The molecule has 0 radical (unpaired) electrons. The van der Waals surface area contributed by atoms with Crippen molar-refractivity contribution in [3.05, 3.63) is 22.4 Å². The minimum absolute atomic E-state index is 0.316. The molecule has 0 spiro atoms. The van der Waals surface area contributed by atoms with Crippen molar-refractivity contribution < 1.29 is 9.53 Å². The van der Waals surface area contributed by atoms with Gasteiger partial charge in [0.05, 0.1) is 0 Å². The van der Waals surface area contributed by atoms with Gasteiger partial charge in [-0.05, 0) is 39.1 Å². The molecule has 0 bridgehead atoms. The lowest BCUT2D eigenvalue weighted by Gasteiger charge is -2.24. The highest BCUT2D eigenvalue weighted by Gasteiger charge is 2.19. The Morgan fingerprint density at radius 3 is 2.71 bits per heavy atom. The Bertz CT molecular complexity index is 509. The van der Waals surface area contributed by atoms with Crippen LogP contribution in [0.2, 0.25) is 0 Å². The van der Waals surface area contributed by atoms with Crippen molar-refractivity contribution in [1.82, 2.24) is 15.5 Å². The summed E-state index contributed by atoms with van der Waals surface area (Å²) in [6, 6.07) is 4.18. The highest BCUT2D eigenvalue weighted by atomic mass is 32.1. The average Bonchev–Trinajstić information content (AvgIpc) is 2.98. The standard InChI is InChI=1S/C17H30N4O2S/c1-6-18-15(19-10-9-14-8-7-13-24-14)20-11-12-21(5)16(22)23-17(2,3)4/h7-8,13H,6,9-12H2,1-5H3,(H2,18,19,20). The van der Waals surface area contributed by atoms with Crippen LogP contribution in [0.5, 0.6) is 0 Å². The van der Waals surface area contributed by atoms with E-state index in [9.17, 15) is 4.79 Å². The first-order valence-corrected chi connectivity index (χ1v) is 9.18. The maximum atomic E-state index is 11.9. The molecule has 1 aromatic rings. The van der Waals surface area contributed by atoms with Crippen molar-refractivity contribution in [3.8, 4) is 0 Å². The summed E-state index contributed by atoms with van der Waals surface area (Å²) in [5, 5.41) is 8.53. The van der Waals surface area contributed by atoms with E-state index >= 15 is 0 Å². The van der Waals surface area contributed by atoms with Crippen LogP contribution in [0.1, 0.15) is 32.6 Å². The molecule has 0 atom stereocenters. The summed E-state index contributed by atoms with van der Waals surface area (Å²) in [7, 11) is 1.73. The molecule has 1 aromatic heterocycles. The van der Waals surface area contributed by atoms with E-state index < -0.39 is 5.60 Å². The normalized spacial score (nSPS) is 12.0. The van der Waals surface area contributed by atoms with E-state index in [-0.39, 0.29) is 6.09 Å². The van der Waals surface area contributed by atoms with Gasteiger partial charge in [0.25, 0.3) is 0 Å². The first kappa shape index (κ1) is 20.3. The van der Waals surface area contributed by atoms with Crippen LogP contribution in [0, 0.1) is 0 Å². The molecule has 0 aliphatic carbocycles. The quantitative estimate of drug-likeness (QED) is 0.584. The lowest BCUT2D eigenvalue weighted by molar-refractivity contribution is 0.0302. The molecule has 1 amide bonds. The number of amides is 1. The summed E-state index contributed by atoms with van der Waals surface area (Å²) in [5.74, 6) is 0.770. The van der Waals surface area contributed by atoms with Crippen molar-refractivity contribution in [2.75, 3.05) is 33.2 Å². The monoisotopic (exact) mass is 354 g/mol. The van der Waals surface area contributed by atoms with E-state index in [1.807, 2.05) is 27.7 Å². The molecule has 0 fully saturated rings. The Morgan fingerprint density at radius 2 is 2.12 bits per heavy atom. The maximum Gasteiger partial charge on any atom is 0.410 e. The largest absolute Gasteiger partial charge is 0.444 e. The van der Waals surface area contributed by atoms with Crippen LogP contribution in [-0.4, -0.2) is 55.8 Å². The van der Waals surface area contributed by atoms with Gasteiger partial charge in [0, 0.05) is 44.5 Å². The lowest BCUT2D eigenvalue weighted by Crippen LogP contribution is -2.43. The third-order valence-electron chi connectivity index (χ3n) is 3.00. The Kier molecular flexibility index (Phi) is 8.60. The van der Waals surface area contributed by atoms with E-state index in [4.69, 9.17) is 4.74 Å². The van der Waals surface area contributed by atoms with Gasteiger partial charge in [0.2, 0.25) is 0 Å². The van der Waals surface area contributed by atoms with Crippen LogP contribution in [0.3, 0.4) is 0 Å². The predicted octanol–water partition coefficient (Wildman–Crippen LogP) is 2.71. The van der Waals surface area contributed by atoms with Crippen molar-refractivity contribution in [3.63, 3.8) is 0 Å². The number of hydrogen-bond donors (Lipinski definition) is 2. The SMILES string of the molecule is CCNC(=NCCc1cccs1)NCCN(C)C(=O)OC(C)(C)C. The fraction of sp³-hybridized carbons (Fsp3) is 0.647. The number of rotatable bonds is 7. The number of hydrogen-bond acceptors (Lipinski definition) is 4. The Morgan fingerprint density at radius 1 is 1.38 bits per heavy atom. The highest BCUT2D eigenvalue weighted by molar-refractivity contribution is 7.09. The van der Waals surface area contributed by atoms with Gasteiger partial charge < -0.3 is 20.3 Å². The number of aliphatic imine (C=N–C) groups is 1. The molecule has 0 saturated carbocycles. The summed E-state index contributed by atoms with van der Waals surface area (Å²) in [6.45, 7) is 10.3. The molecule has 0 unspecified atom stereocenters. The molecule has 1 rings (SSSR count). The summed E-state index contributed by atoms with van der Waals surface area (Å²) in [6.07, 6.45) is 0.621. The van der Waals surface area contributed by atoms with Crippen LogP contribution in [-0.2, 0) is 11.2 Å². The van der Waals surface area contributed by atoms with Gasteiger partial charge in [-0.15, -0.1) is 11.3 Å². The molecule has 24 heavy (non-hydrogen) atoms. The fourth-order valence-corrected chi connectivity index (χ4v) is 2.55. The van der Waals surface area contributed by atoms with Crippen molar-refractivity contribution in [2.45, 2.75) is 39.7 Å². The maximum absolute atomic E-state index is 11.9. The fourth-order valence-electron chi connectivity index (χ4n) is 1.85. The van der Waals surface area contributed by atoms with Gasteiger partial charge in [-0.25, -0.2) is 4.79 Å². The van der Waals surface area contributed by atoms with E-state index in [1.54, 1.807) is 23.3 Å². The van der Waals surface area contributed by atoms with E-state index in [0.717, 1.165) is 25.5 Å². The summed E-state index contributed by atoms with van der Waals surface area (Å²) in [5.41, 5.74) is -0.475. The van der Waals surface area contributed by atoms with E-state index in [0.29, 0.717) is 13.1 Å². The number of thiophene rings is 1. The zero-order chi connectivity index (χ0) is 18.0. The Hall–Kier alpha value is -1.76. The first-order chi connectivity index (χ1) is 11.3. The smallest absolute Gasteiger partial charge is 0.410 e. The molecule has 0 aliphatic rings. The molecule has 6 nitrogen and oxygen atoms in total. The second-order valence-corrected chi connectivity index (χ2v) is 7.45. The minimum Gasteiger partial charge on any atom is -0.444 e. The van der Waals surface area contributed by atoms with Gasteiger partial charge in [-0.2, -0.15) is 0 Å². The molecule has 0 aromatic carbocycles. The number of carbonyl (C=O) groups is 1. The summed E-state index contributed by atoms with van der Waals surface area (Å²) < 4.78 is 5.33. The van der Waals surface area contributed by atoms with Crippen LogP contribution in [0.4, 0.5) is 4.79 Å². The molecule has 0 aliphatic heterocycles. The van der Waals surface area contributed by atoms with Gasteiger partial charge in [-0.1, -0.05) is 6.07 Å². The summed E-state index contributed by atoms with van der Waals surface area (Å²) >= 11 is 1.75. The van der Waals surface area contributed by atoms with Gasteiger partial charge >= 0.3 is 6.09 Å². The van der Waals surface area contributed by atoms with Gasteiger partial charge in [0.15, 0.2) is 5.96 Å². The second-order valence-electron chi connectivity index (χ2n) is 6.42. The van der Waals surface area contributed by atoms with Crippen LogP contribution in [0.25, 0.3) is 0 Å². The molecule has 7 heteroatoms. The molecule has 136 valence electrons. The number of ether oxygens (including phenoxy) is 1. The molecular formula is C17H30N4O2S. The number of guanidine groups is 1. The second kappa shape index (κ2) is 10.2. The van der Waals surface area contributed by atoms with Crippen LogP contribution < -0.4 is 10.6 Å². The molecule has 2 N–H and O–H groups in total. The molecule has 1 heterocycles. The molecular weight excluding hydrogens is 324 g/mol. The predicted molar refractivity (Wildman–Crippen MR) is 101 cm³/mol. The Balaban J connectivity index is 2.35. The van der Waals surface area contributed by atoms with Gasteiger partial charge in [0.1, 0.15) is 5.60 Å². The third-order valence-corrected chi connectivity index (χ3v) is 3.93. The zero-order valence-electron chi connectivity index (χ0n) is 15.4. The number of nitrogens with one attached hydrogen (secondary N) is 2. The number of nitrogens with zero attached hydrogens (tertiary/aromatic N) is 2. The topological polar surface area (TPSA) is 66.0 Å². The lowest BCUT2D eigenvalue weighted by atomic mass is 10.2. The van der Waals surface area contributed by atoms with Crippen LogP contribution in [0.15, 0.2) is 22.5 Å². The molecule has 0 saturated heterocycles. The average molecular weight is 355 g/mol. The number of carbonyl (C=O) groups excluding carboxylic acids is 1. The van der Waals surface area contributed by atoms with Gasteiger partial charge in [-0.3, -0.25) is 4.99 Å². The van der Waals surface area contributed by atoms with Crippen molar-refractivity contribution >= 4 is 23.4 Å². The summed E-state index contributed by atoms with van der Waals surface area (Å²) in [4.78, 5) is 19.3. The van der Waals surface area contributed by atoms with E-state index in [1.165, 1.54) is 4.88 Å². The van der Waals surface area contributed by atoms with Crippen molar-refractivity contribution in [1.29, 1.82) is 0 Å².